The van der Waals surface area contributed by atoms with Crippen LogP contribution >= 0.6 is 11.3 Å². The van der Waals surface area contributed by atoms with Gasteiger partial charge in [-0.15, -0.1) is 11.3 Å². The standard InChI is InChI=1S/C9H11F3N2O2S2/c10-9(11,12)7-4-17-8(14-7)13-3-6-1-2-18(15,16)5-6/h4,6H,1-3,5H2,(H,13,14). The van der Waals surface area contributed by atoms with E-state index in [-0.39, 0.29) is 22.6 Å². The van der Waals surface area contributed by atoms with Crippen molar-refractivity contribution in [3.8, 4) is 0 Å². The molecule has 1 aromatic heterocycles. The third kappa shape index (κ3) is 3.35. The lowest BCUT2D eigenvalue weighted by Gasteiger charge is -2.07. The van der Waals surface area contributed by atoms with Gasteiger partial charge >= 0.3 is 6.18 Å². The Morgan fingerprint density at radius 2 is 2.22 bits per heavy atom. The molecule has 0 radical (unpaired) electrons. The van der Waals surface area contributed by atoms with E-state index in [1.165, 1.54) is 0 Å². The number of halogens is 3. The van der Waals surface area contributed by atoms with Gasteiger partial charge in [0.25, 0.3) is 0 Å². The summed E-state index contributed by atoms with van der Waals surface area (Å²) in [5.74, 6) is 0.205. The summed E-state index contributed by atoms with van der Waals surface area (Å²) in [5, 5.41) is 3.87. The van der Waals surface area contributed by atoms with Gasteiger partial charge in [-0.3, -0.25) is 0 Å². The highest BCUT2D eigenvalue weighted by molar-refractivity contribution is 7.91. The minimum Gasteiger partial charge on any atom is -0.361 e. The zero-order valence-corrected chi connectivity index (χ0v) is 10.8. The predicted molar refractivity (Wildman–Crippen MR) is 62.4 cm³/mol. The Hall–Kier alpha value is -0.830. The lowest BCUT2D eigenvalue weighted by Crippen LogP contribution is -2.15. The molecule has 102 valence electrons. The maximum absolute atomic E-state index is 12.3. The summed E-state index contributed by atoms with van der Waals surface area (Å²) in [4.78, 5) is 3.41. The average molecular weight is 300 g/mol. The number of rotatable bonds is 3. The molecular weight excluding hydrogens is 289 g/mol. The Labute approximate surface area is 106 Å². The Kier molecular flexibility index (Phi) is 3.54. The van der Waals surface area contributed by atoms with Crippen molar-refractivity contribution in [3.63, 3.8) is 0 Å². The smallest absolute Gasteiger partial charge is 0.361 e. The fourth-order valence-electron chi connectivity index (χ4n) is 1.75. The maximum Gasteiger partial charge on any atom is 0.434 e. The van der Waals surface area contributed by atoms with Gasteiger partial charge in [-0.05, 0) is 12.3 Å². The summed E-state index contributed by atoms with van der Waals surface area (Å²) >= 11 is 0.868. The Bertz CT molecular complexity index is 524. The zero-order chi connectivity index (χ0) is 13.4. The number of hydrogen-bond acceptors (Lipinski definition) is 5. The van der Waals surface area contributed by atoms with Crippen molar-refractivity contribution in [1.82, 2.24) is 4.98 Å². The Morgan fingerprint density at radius 1 is 1.50 bits per heavy atom. The van der Waals surface area contributed by atoms with Crippen LogP contribution < -0.4 is 5.32 Å². The quantitative estimate of drug-likeness (QED) is 0.927. The van der Waals surface area contributed by atoms with E-state index in [1.807, 2.05) is 0 Å². The van der Waals surface area contributed by atoms with Crippen molar-refractivity contribution in [1.29, 1.82) is 0 Å². The van der Waals surface area contributed by atoms with Crippen molar-refractivity contribution in [3.05, 3.63) is 11.1 Å². The highest BCUT2D eigenvalue weighted by Crippen LogP contribution is 2.31. The van der Waals surface area contributed by atoms with Gasteiger partial charge in [-0.2, -0.15) is 13.2 Å². The van der Waals surface area contributed by atoms with Crippen LogP contribution in [0.3, 0.4) is 0 Å². The molecule has 4 nitrogen and oxygen atoms in total. The zero-order valence-electron chi connectivity index (χ0n) is 9.20. The summed E-state index contributed by atoms with van der Waals surface area (Å²) < 4.78 is 59.2. The van der Waals surface area contributed by atoms with E-state index >= 15 is 0 Å². The minimum atomic E-state index is -4.44. The van der Waals surface area contributed by atoms with Crippen LogP contribution in [0.2, 0.25) is 0 Å². The number of alkyl halides is 3. The molecule has 9 heteroatoms. The van der Waals surface area contributed by atoms with Crippen LogP contribution in [0.25, 0.3) is 0 Å². The summed E-state index contributed by atoms with van der Waals surface area (Å²) in [6, 6.07) is 0. The van der Waals surface area contributed by atoms with Gasteiger partial charge in [-0.1, -0.05) is 0 Å². The van der Waals surface area contributed by atoms with Crippen LogP contribution in [-0.2, 0) is 16.0 Å². The van der Waals surface area contributed by atoms with Crippen molar-refractivity contribution in [2.45, 2.75) is 12.6 Å². The number of thiazole rings is 1. The second kappa shape index (κ2) is 4.69. The molecule has 1 fully saturated rings. The van der Waals surface area contributed by atoms with Gasteiger partial charge in [0.1, 0.15) is 0 Å². The Balaban J connectivity index is 1.90. The highest BCUT2D eigenvalue weighted by atomic mass is 32.2. The fraction of sp³-hybridized carbons (Fsp3) is 0.667. The Morgan fingerprint density at radius 3 is 2.72 bits per heavy atom. The molecule has 1 atom stereocenters. The van der Waals surface area contributed by atoms with Crippen molar-refractivity contribution < 1.29 is 21.6 Å². The van der Waals surface area contributed by atoms with Crippen molar-refractivity contribution >= 4 is 26.3 Å². The second-order valence-corrected chi connectivity index (χ2v) is 7.27. The molecule has 0 bridgehead atoms. The monoisotopic (exact) mass is 300 g/mol. The second-order valence-electron chi connectivity index (χ2n) is 4.19. The molecule has 2 heterocycles. The molecule has 18 heavy (non-hydrogen) atoms. The summed E-state index contributed by atoms with van der Waals surface area (Å²) in [6.07, 6.45) is -3.89. The van der Waals surface area contributed by atoms with Gasteiger partial charge in [0.2, 0.25) is 0 Å². The first-order valence-electron chi connectivity index (χ1n) is 5.23. The van der Waals surface area contributed by atoms with Crippen LogP contribution in [-0.4, -0.2) is 31.5 Å². The maximum atomic E-state index is 12.3. The molecule has 1 unspecified atom stereocenters. The lowest BCUT2D eigenvalue weighted by molar-refractivity contribution is -0.140. The van der Waals surface area contributed by atoms with Crippen LogP contribution in [0.4, 0.5) is 18.3 Å². The number of hydrogen-bond donors (Lipinski definition) is 1. The number of aromatic nitrogens is 1. The summed E-state index contributed by atoms with van der Waals surface area (Å²) in [7, 11) is -2.95. The topological polar surface area (TPSA) is 59.1 Å². The molecular formula is C9H11F3N2O2S2. The number of nitrogens with zero attached hydrogens (tertiary/aromatic N) is 1. The van der Waals surface area contributed by atoms with Gasteiger partial charge in [-0.25, -0.2) is 13.4 Å². The number of anilines is 1. The van der Waals surface area contributed by atoms with E-state index in [0.717, 1.165) is 16.7 Å². The third-order valence-corrected chi connectivity index (χ3v) is 5.30. The van der Waals surface area contributed by atoms with Crippen LogP contribution in [0, 0.1) is 5.92 Å². The van der Waals surface area contributed by atoms with Crippen molar-refractivity contribution in [2.24, 2.45) is 5.92 Å². The first kappa shape index (κ1) is 13.6. The van der Waals surface area contributed by atoms with E-state index in [2.05, 4.69) is 10.3 Å². The van der Waals surface area contributed by atoms with Crippen LogP contribution in [0.15, 0.2) is 5.38 Å². The molecule has 0 aliphatic carbocycles. The summed E-state index contributed by atoms with van der Waals surface area (Å²) in [6.45, 7) is 0.337. The van der Waals surface area contributed by atoms with E-state index in [4.69, 9.17) is 0 Å². The molecule has 0 spiro atoms. The highest BCUT2D eigenvalue weighted by Gasteiger charge is 2.34. The van der Waals surface area contributed by atoms with Crippen molar-refractivity contribution in [2.75, 3.05) is 23.4 Å². The fourth-order valence-corrected chi connectivity index (χ4v) is 4.34. The van der Waals surface area contributed by atoms with Gasteiger partial charge in [0.05, 0.1) is 11.5 Å². The lowest BCUT2D eigenvalue weighted by atomic mass is 10.1. The normalized spacial score (nSPS) is 23.2. The SMILES string of the molecule is O=S1(=O)CCC(CNc2nc(C(F)(F)F)cs2)C1. The van der Waals surface area contributed by atoms with Gasteiger partial charge in [0, 0.05) is 11.9 Å². The molecule has 0 amide bonds. The largest absolute Gasteiger partial charge is 0.434 e. The molecule has 1 saturated heterocycles. The predicted octanol–water partition coefficient (Wildman–Crippen LogP) is 2.01. The molecule has 1 N–H and O–H groups in total. The van der Waals surface area contributed by atoms with E-state index in [1.54, 1.807) is 0 Å². The van der Waals surface area contributed by atoms with Gasteiger partial charge < -0.3 is 5.32 Å². The molecule has 1 aromatic rings. The van der Waals surface area contributed by atoms with Crippen LogP contribution in [0.5, 0.6) is 0 Å². The minimum absolute atomic E-state index is 0.0479. The third-order valence-electron chi connectivity index (χ3n) is 2.66. The molecule has 0 saturated carbocycles. The van der Waals surface area contributed by atoms with Gasteiger partial charge in [0.15, 0.2) is 20.7 Å². The first-order valence-corrected chi connectivity index (χ1v) is 7.93. The number of nitrogens with one attached hydrogen (secondary N) is 1. The van der Waals surface area contributed by atoms with E-state index in [0.29, 0.717) is 13.0 Å². The number of sulfone groups is 1. The van der Waals surface area contributed by atoms with E-state index in [9.17, 15) is 21.6 Å². The van der Waals surface area contributed by atoms with Crippen LogP contribution in [0.1, 0.15) is 12.1 Å². The first-order chi connectivity index (χ1) is 8.26. The molecule has 1 aliphatic heterocycles. The average Bonchev–Trinajstić information content (AvgIpc) is 2.80. The molecule has 1 aliphatic rings. The summed E-state index contributed by atoms with van der Waals surface area (Å²) in [5.41, 5.74) is -0.922. The van der Waals surface area contributed by atoms with E-state index < -0.39 is 21.7 Å². The molecule has 2 rings (SSSR count). The molecule has 0 aromatic carbocycles.